The van der Waals surface area contributed by atoms with Gasteiger partial charge in [-0.15, -0.1) is 0 Å². The largest absolute Gasteiger partial charge is 0.508 e. The third kappa shape index (κ3) is 3.54. The summed E-state index contributed by atoms with van der Waals surface area (Å²) < 4.78 is 10.5. The van der Waals surface area contributed by atoms with Crippen LogP contribution in [-0.4, -0.2) is 35.2 Å². The van der Waals surface area contributed by atoms with Gasteiger partial charge in [0.05, 0.1) is 6.61 Å². The number of hydrogen-bond donors (Lipinski definition) is 1. The van der Waals surface area contributed by atoms with E-state index in [9.17, 15) is 14.7 Å². The number of nitrogens with zero attached hydrogens (tertiary/aromatic N) is 1. The van der Waals surface area contributed by atoms with Crippen LogP contribution in [0, 0.1) is 6.92 Å². The highest BCUT2D eigenvalue weighted by Crippen LogP contribution is 2.29. The first-order valence-corrected chi connectivity index (χ1v) is 8.67. The van der Waals surface area contributed by atoms with E-state index in [0.29, 0.717) is 24.3 Å². The summed E-state index contributed by atoms with van der Waals surface area (Å²) in [4.78, 5) is 26.3. The molecule has 1 fully saturated rings. The number of likely N-dealkylation sites (tertiary alicyclic amines) is 1. The van der Waals surface area contributed by atoms with Gasteiger partial charge in [0.1, 0.15) is 17.4 Å². The van der Waals surface area contributed by atoms with Gasteiger partial charge in [-0.2, -0.15) is 0 Å². The number of rotatable bonds is 4. The first kappa shape index (κ1) is 17.5. The average molecular weight is 345 g/mol. The highest BCUT2D eigenvalue weighted by Gasteiger charge is 2.30. The molecule has 6 heteroatoms. The Labute approximate surface area is 146 Å². The Hall–Kier alpha value is -2.34. The average Bonchev–Trinajstić information content (AvgIpc) is 2.59. The number of phenols is 1. The first-order chi connectivity index (χ1) is 12.0. The zero-order valence-corrected chi connectivity index (χ0v) is 14.6. The highest BCUT2D eigenvalue weighted by molar-refractivity contribution is 5.85. The SMILES string of the molecule is CCOC(=O)[C@@H]1CCCCN1Cc1cc(=O)oc2c(C)c(O)ccc12. The van der Waals surface area contributed by atoms with Gasteiger partial charge in [-0.25, -0.2) is 4.79 Å². The van der Waals surface area contributed by atoms with E-state index in [0.717, 1.165) is 36.8 Å². The fourth-order valence-corrected chi connectivity index (χ4v) is 3.45. The quantitative estimate of drug-likeness (QED) is 0.678. The van der Waals surface area contributed by atoms with Crippen LogP contribution in [0.15, 0.2) is 27.4 Å². The number of piperidine rings is 1. The number of carbonyl (C=O) groups excluding carboxylic acids is 1. The van der Waals surface area contributed by atoms with Gasteiger partial charge in [0.2, 0.25) is 0 Å². The Morgan fingerprint density at radius 3 is 2.96 bits per heavy atom. The molecule has 1 N–H and O–H groups in total. The van der Waals surface area contributed by atoms with Crippen LogP contribution in [-0.2, 0) is 16.1 Å². The number of ether oxygens (including phenoxy) is 1. The normalized spacial score (nSPS) is 18.4. The van der Waals surface area contributed by atoms with Crippen LogP contribution in [0.25, 0.3) is 11.0 Å². The van der Waals surface area contributed by atoms with E-state index < -0.39 is 5.63 Å². The molecular weight excluding hydrogens is 322 g/mol. The van der Waals surface area contributed by atoms with Crippen LogP contribution in [0.1, 0.15) is 37.3 Å². The molecule has 1 aliphatic heterocycles. The monoisotopic (exact) mass is 345 g/mol. The van der Waals surface area contributed by atoms with Gasteiger partial charge in [-0.05, 0) is 50.9 Å². The maximum absolute atomic E-state index is 12.3. The molecule has 0 aliphatic carbocycles. The summed E-state index contributed by atoms with van der Waals surface area (Å²) in [6.45, 7) is 5.13. The van der Waals surface area contributed by atoms with Crippen LogP contribution < -0.4 is 5.63 Å². The molecule has 1 saturated heterocycles. The first-order valence-electron chi connectivity index (χ1n) is 8.67. The minimum atomic E-state index is -0.458. The molecule has 0 radical (unpaired) electrons. The number of phenolic OH excluding ortho intramolecular Hbond substituents is 1. The number of esters is 1. The van der Waals surface area contributed by atoms with Crippen LogP contribution in [0.3, 0.4) is 0 Å². The third-order valence-corrected chi connectivity index (χ3v) is 4.76. The molecule has 1 atom stereocenters. The molecule has 1 aromatic carbocycles. The second-order valence-electron chi connectivity index (χ2n) is 6.41. The lowest BCUT2D eigenvalue weighted by atomic mass is 10.00. The summed E-state index contributed by atoms with van der Waals surface area (Å²) in [5, 5.41) is 10.6. The summed E-state index contributed by atoms with van der Waals surface area (Å²) in [6, 6.07) is 4.53. The Morgan fingerprint density at radius 2 is 2.20 bits per heavy atom. The van der Waals surface area contributed by atoms with E-state index in [-0.39, 0.29) is 17.8 Å². The minimum Gasteiger partial charge on any atom is -0.508 e. The van der Waals surface area contributed by atoms with Crippen molar-refractivity contribution < 1.29 is 19.1 Å². The molecule has 2 aromatic rings. The Kier molecular flexibility index (Phi) is 5.08. The second-order valence-corrected chi connectivity index (χ2v) is 6.41. The smallest absolute Gasteiger partial charge is 0.336 e. The summed E-state index contributed by atoms with van der Waals surface area (Å²) in [5.74, 6) is -0.113. The van der Waals surface area contributed by atoms with Crippen molar-refractivity contribution in [1.29, 1.82) is 0 Å². The van der Waals surface area contributed by atoms with Crippen molar-refractivity contribution in [3.63, 3.8) is 0 Å². The maximum Gasteiger partial charge on any atom is 0.336 e. The van der Waals surface area contributed by atoms with Gasteiger partial charge >= 0.3 is 11.6 Å². The molecule has 1 aliphatic rings. The van der Waals surface area contributed by atoms with E-state index in [4.69, 9.17) is 9.15 Å². The molecule has 1 aromatic heterocycles. The molecule has 0 saturated carbocycles. The van der Waals surface area contributed by atoms with Crippen molar-refractivity contribution in [2.75, 3.05) is 13.2 Å². The number of aryl methyl sites for hydroxylation is 1. The fourth-order valence-electron chi connectivity index (χ4n) is 3.45. The standard InChI is InChI=1S/C19H23NO5/c1-3-24-19(23)15-6-4-5-9-20(15)11-13-10-17(22)25-18-12(2)16(21)8-7-14(13)18/h7-8,10,15,21H,3-6,9,11H2,1-2H3/t15-/m0/s1. The summed E-state index contributed by atoms with van der Waals surface area (Å²) in [5.41, 5.74) is 1.27. The van der Waals surface area contributed by atoms with Crippen molar-refractivity contribution in [2.45, 2.75) is 45.7 Å². The summed E-state index contributed by atoms with van der Waals surface area (Å²) >= 11 is 0. The van der Waals surface area contributed by atoms with E-state index in [1.807, 2.05) is 0 Å². The Balaban J connectivity index is 1.97. The molecule has 134 valence electrons. The number of benzene rings is 1. The van der Waals surface area contributed by atoms with Gasteiger partial charge in [0.25, 0.3) is 0 Å². The van der Waals surface area contributed by atoms with Crippen molar-refractivity contribution >= 4 is 16.9 Å². The third-order valence-electron chi connectivity index (χ3n) is 4.76. The van der Waals surface area contributed by atoms with Crippen molar-refractivity contribution in [1.82, 2.24) is 4.90 Å². The topological polar surface area (TPSA) is 80.0 Å². The van der Waals surface area contributed by atoms with Crippen LogP contribution in [0.5, 0.6) is 5.75 Å². The lowest BCUT2D eigenvalue weighted by Crippen LogP contribution is -2.45. The van der Waals surface area contributed by atoms with Crippen LogP contribution in [0.2, 0.25) is 0 Å². The van der Waals surface area contributed by atoms with Gasteiger partial charge in [0, 0.05) is 23.6 Å². The molecule has 3 rings (SSSR count). The summed E-state index contributed by atoms with van der Waals surface area (Å²) in [7, 11) is 0. The molecule has 0 bridgehead atoms. The second kappa shape index (κ2) is 7.27. The van der Waals surface area contributed by atoms with Gasteiger partial charge < -0.3 is 14.3 Å². The lowest BCUT2D eigenvalue weighted by molar-refractivity contribution is -0.151. The molecule has 0 spiro atoms. The van der Waals surface area contributed by atoms with Gasteiger partial charge in [0.15, 0.2) is 0 Å². The lowest BCUT2D eigenvalue weighted by Gasteiger charge is -2.34. The van der Waals surface area contributed by atoms with Crippen LogP contribution >= 0.6 is 0 Å². The van der Waals surface area contributed by atoms with E-state index in [2.05, 4.69) is 4.90 Å². The number of carbonyl (C=O) groups is 1. The van der Waals surface area contributed by atoms with E-state index in [1.54, 1.807) is 26.0 Å². The number of fused-ring (bicyclic) bond motifs is 1. The Bertz CT molecular complexity index is 842. The van der Waals surface area contributed by atoms with E-state index >= 15 is 0 Å². The van der Waals surface area contributed by atoms with Crippen molar-refractivity contribution in [2.24, 2.45) is 0 Å². The predicted molar refractivity (Wildman–Crippen MR) is 93.6 cm³/mol. The fraction of sp³-hybridized carbons (Fsp3) is 0.474. The molecule has 2 heterocycles. The molecule has 0 unspecified atom stereocenters. The summed E-state index contributed by atoms with van der Waals surface area (Å²) in [6.07, 6.45) is 2.76. The number of aromatic hydroxyl groups is 1. The predicted octanol–water partition coefficient (Wildman–Crippen LogP) is 2.72. The van der Waals surface area contributed by atoms with Gasteiger partial charge in [-0.3, -0.25) is 9.69 Å². The van der Waals surface area contributed by atoms with E-state index in [1.165, 1.54) is 6.07 Å². The molecule has 0 amide bonds. The Morgan fingerprint density at radius 1 is 1.40 bits per heavy atom. The van der Waals surface area contributed by atoms with Crippen molar-refractivity contribution in [3.8, 4) is 5.75 Å². The van der Waals surface area contributed by atoms with Crippen LogP contribution in [0.4, 0.5) is 0 Å². The number of hydrogen-bond acceptors (Lipinski definition) is 6. The van der Waals surface area contributed by atoms with Crippen molar-refractivity contribution in [3.05, 3.63) is 39.7 Å². The molecule has 25 heavy (non-hydrogen) atoms. The maximum atomic E-state index is 12.3. The highest BCUT2D eigenvalue weighted by atomic mass is 16.5. The zero-order chi connectivity index (χ0) is 18.0. The zero-order valence-electron chi connectivity index (χ0n) is 14.6. The molecule has 6 nitrogen and oxygen atoms in total. The molecular formula is C19H23NO5. The minimum absolute atomic E-state index is 0.0928. The van der Waals surface area contributed by atoms with Gasteiger partial charge in [-0.1, -0.05) is 6.42 Å².